The Morgan fingerprint density at radius 2 is 0.456 bits per heavy atom. The van der Waals surface area contributed by atoms with Crippen molar-refractivity contribution in [3.63, 3.8) is 0 Å². The SMILES string of the molecule is c1ccc(-c2nc(-c3ccccc3)nc(-c3cc(-c4c(-c5ccccc5)cccc4-c4ccccc4)ccc3-c3ccc4sc5cc6c7ccccc7n(-c7ccccc7)c6cc5c4c3)n2)cc1.c1ccc(-c2nc(-c3ccccc3)nc(-c3cc(-c4c(-c5ccccc5)cccc4-c4ccccc4)ccc3-c3cccc4sc5cc6c7ccccc7n(-c7ccccc7)c6cc5c34)n2)cc1. The molecule has 0 unspecified atom stereocenters. The van der Waals surface area contributed by atoms with Crippen LogP contribution in [0.1, 0.15) is 0 Å². The summed E-state index contributed by atoms with van der Waals surface area (Å²) >= 11 is 3.70. The molecule has 0 saturated carbocycles. The largest absolute Gasteiger partial charge is 0.309 e. The quantitative estimate of drug-likeness (QED) is 0.0958. The molecule has 0 amide bonds. The fourth-order valence-electron chi connectivity index (χ4n) is 19.9. The zero-order valence-electron chi connectivity index (χ0n) is 73.6. The molecule has 6 aromatic heterocycles. The maximum Gasteiger partial charge on any atom is 0.164 e. The lowest BCUT2D eigenvalue weighted by Gasteiger charge is -2.19. The molecule has 8 nitrogen and oxygen atoms in total. The predicted octanol–water partition coefficient (Wildman–Crippen LogP) is 34.0. The van der Waals surface area contributed by atoms with Crippen molar-refractivity contribution in [2.75, 3.05) is 0 Å². The Morgan fingerprint density at radius 3 is 0.868 bits per heavy atom. The van der Waals surface area contributed by atoms with Gasteiger partial charge in [-0.1, -0.05) is 394 Å². The minimum atomic E-state index is 0.608. The van der Waals surface area contributed by atoms with E-state index in [-0.39, 0.29) is 0 Å². The van der Waals surface area contributed by atoms with Crippen molar-refractivity contribution < 1.29 is 0 Å². The van der Waals surface area contributed by atoms with E-state index in [4.69, 9.17) is 29.9 Å². The number of fused-ring (bicyclic) bond motifs is 12. The highest BCUT2D eigenvalue weighted by molar-refractivity contribution is 7.26. The predicted molar refractivity (Wildman–Crippen MR) is 570 cm³/mol. The lowest BCUT2D eigenvalue weighted by atomic mass is 9.85. The minimum absolute atomic E-state index is 0.608. The van der Waals surface area contributed by atoms with Crippen LogP contribution in [0.3, 0.4) is 0 Å². The van der Waals surface area contributed by atoms with Gasteiger partial charge in [0.15, 0.2) is 34.9 Å². The van der Waals surface area contributed by atoms with Gasteiger partial charge in [-0.25, -0.2) is 29.9 Å². The first-order valence-electron chi connectivity index (χ1n) is 45.9. The molecule has 0 fully saturated rings. The smallest absolute Gasteiger partial charge is 0.164 e. The van der Waals surface area contributed by atoms with Gasteiger partial charge < -0.3 is 9.13 Å². The Kier molecular flexibility index (Phi) is 20.5. The van der Waals surface area contributed by atoms with Crippen LogP contribution >= 0.6 is 22.7 Å². The van der Waals surface area contributed by atoms with E-state index in [1.54, 1.807) is 0 Å². The second-order valence-corrected chi connectivity index (χ2v) is 36.4. The molecule has 0 radical (unpaired) electrons. The molecular weight excluding hydrogens is 1690 g/mol. The van der Waals surface area contributed by atoms with Crippen LogP contribution in [0.25, 0.3) is 253 Å². The third-order valence-corrected chi connectivity index (χ3v) is 28.4. The van der Waals surface area contributed by atoms with Crippen molar-refractivity contribution in [1.82, 2.24) is 39.0 Å². The molecule has 0 aliphatic carbocycles. The highest BCUT2D eigenvalue weighted by Crippen LogP contribution is 2.52. The third kappa shape index (κ3) is 14.7. The summed E-state index contributed by atoms with van der Waals surface area (Å²) in [5.41, 5.74) is 30.6. The summed E-state index contributed by atoms with van der Waals surface area (Å²) in [4.78, 5) is 31.7. The van der Waals surface area contributed by atoms with Crippen molar-refractivity contribution in [3.8, 4) is 169 Å². The molecule has 0 aliphatic rings. The summed E-state index contributed by atoms with van der Waals surface area (Å²) in [7, 11) is 0. The van der Waals surface area contributed by atoms with Crippen LogP contribution in [-0.4, -0.2) is 39.0 Å². The van der Waals surface area contributed by atoms with Gasteiger partial charge in [0.2, 0.25) is 0 Å². The van der Waals surface area contributed by atoms with E-state index in [1.807, 2.05) is 95.5 Å². The summed E-state index contributed by atoms with van der Waals surface area (Å²) in [6, 6.07) is 173. The van der Waals surface area contributed by atoms with Crippen LogP contribution in [0.15, 0.2) is 485 Å². The number of rotatable bonds is 16. The number of hydrogen-bond donors (Lipinski definition) is 0. The van der Waals surface area contributed by atoms with Gasteiger partial charge in [0.1, 0.15) is 0 Å². The van der Waals surface area contributed by atoms with Gasteiger partial charge in [0.25, 0.3) is 0 Å². The lowest BCUT2D eigenvalue weighted by molar-refractivity contribution is 1.07. The zero-order valence-corrected chi connectivity index (χ0v) is 75.2. The molecule has 0 atom stereocenters. The van der Waals surface area contributed by atoms with Gasteiger partial charge in [0, 0.05) is 107 Å². The van der Waals surface area contributed by atoms with E-state index in [2.05, 4.69) is 422 Å². The standard InChI is InChI=1S/2C63H40N4S/c1-6-20-41(21-7-1)47-31-18-32-48(42-22-8-2-9-23-42)59(47)45-36-37-49(53(38-45)63-65-61(43-24-10-3-11-25-43)64-62(66-63)44-26-12-4-13-27-44)51-33-19-35-57-60(51)54-39-56-52(40-58(54)68-57)50-30-16-17-34-55(50)67(56)46-28-14-5-15-29-46;1-6-19-41(20-7-1)49-30-18-31-50(42-21-8-2-9-22-42)60(49)46-33-35-48(55(38-46)63-65-61(43-23-10-3-11-24-43)64-62(66-63)44-25-12-4-13-26-44)45-34-36-58-53(37-45)54-39-57-52(40-59(54)68-58)51-29-16-17-32-56(51)67(57)47-27-14-5-15-28-47/h2*1-40H. The highest BCUT2D eigenvalue weighted by atomic mass is 32.1. The maximum absolute atomic E-state index is 5.40. The number of benzene rings is 20. The van der Waals surface area contributed by atoms with Crippen LogP contribution < -0.4 is 0 Å². The molecule has 0 aliphatic heterocycles. The minimum Gasteiger partial charge on any atom is -0.309 e. The van der Waals surface area contributed by atoms with E-state index in [0.717, 1.165) is 134 Å². The summed E-state index contributed by atoms with van der Waals surface area (Å²) in [6.45, 7) is 0. The molecular formula is C126H80N8S2. The van der Waals surface area contributed by atoms with Crippen LogP contribution in [0, 0.1) is 0 Å². The van der Waals surface area contributed by atoms with Gasteiger partial charge in [-0.2, -0.15) is 0 Å². The van der Waals surface area contributed by atoms with Crippen molar-refractivity contribution >= 4 is 107 Å². The Labute approximate surface area is 793 Å². The molecule has 10 heteroatoms. The molecule has 0 spiro atoms. The molecule has 0 saturated heterocycles. The fraction of sp³-hybridized carbons (Fsp3) is 0. The second kappa shape index (κ2) is 34.6. The molecule has 0 N–H and O–H groups in total. The number of nitrogens with zero attached hydrogens (tertiary/aromatic N) is 8. The first-order valence-corrected chi connectivity index (χ1v) is 47.5. The Hall–Kier alpha value is -17.5. The third-order valence-electron chi connectivity index (χ3n) is 26.1. The number of para-hydroxylation sites is 4. The van der Waals surface area contributed by atoms with Crippen LogP contribution in [0.5, 0.6) is 0 Å². The van der Waals surface area contributed by atoms with E-state index < -0.39 is 0 Å². The van der Waals surface area contributed by atoms with Crippen LogP contribution in [-0.2, 0) is 0 Å². The summed E-state index contributed by atoms with van der Waals surface area (Å²) in [5, 5.41) is 9.88. The normalized spacial score (nSPS) is 11.5. The zero-order chi connectivity index (χ0) is 89.9. The lowest BCUT2D eigenvalue weighted by Crippen LogP contribution is -2.01. The monoisotopic (exact) mass is 1770 g/mol. The van der Waals surface area contributed by atoms with Crippen LogP contribution in [0.4, 0.5) is 0 Å². The van der Waals surface area contributed by atoms with E-state index in [0.29, 0.717) is 34.9 Å². The van der Waals surface area contributed by atoms with Crippen molar-refractivity contribution in [3.05, 3.63) is 485 Å². The maximum atomic E-state index is 5.40. The Morgan fingerprint density at radius 1 is 0.147 bits per heavy atom. The first kappa shape index (κ1) is 80.5. The van der Waals surface area contributed by atoms with E-state index in [1.165, 1.54) is 84.0 Å². The van der Waals surface area contributed by atoms with Gasteiger partial charge >= 0.3 is 0 Å². The molecule has 26 aromatic rings. The molecule has 136 heavy (non-hydrogen) atoms. The van der Waals surface area contributed by atoms with Crippen molar-refractivity contribution in [1.29, 1.82) is 0 Å². The van der Waals surface area contributed by atoms with E-state index in [9.17, 15) is 0 Å². The van der Waals surface area contributed by atoms with Gasteiger partial charge in [-0.3, -0.25) is 0 Å². The van der Waals surface area contributed by atoms with E-state index >= 15 is 0 Å². The van der Waals surface area contributed by atoms with Crippen molar-refractivity contribution in [2.24, 2.45) is 0 Å². The average molecular weight is 1770 g/mol. The summed E-state index contributed by atoms with van der Waals surface area (Å²) in [5.74, 6) is 3.70. The number of thiophene rings is 2. The highest BCUT2D eigenvalue weighted by Gasteiger charge is 2.27. The molecule has 6 heterocycles. The summed E-state index contributed by atoms with van der Waals surface area (Å²) < 4.78 is 9.79. The van der Waals surface area contributed by atoms with Gasteiger partial charge in [-0.15, -0.1) is 22.7 Å². The Bertz CT molecular complexity index is 8810. The molecule has 636 valence electrons. The molecule has 20 aromatic carbocycles. The molecule has 0 bridgehead atoms. The topological polar surface area (TPSA) is 87.2 Å². The van der Waals surface area contributed by atoms with Crippen molar-refractivity contribution in [2.45, 2.75) is 0 Å². The number of aromatic nitrogens is 8. The average Bonchev–Trinajstić information content (AvgIpc) is 1.56. The Balaban J connectivity index is 0.000000145. The first-order chi connectivity index (χ1) is 67.4. The second-order valence-electron chi connectivity index (χ2n) is 34.2. The van der Waals surface area contributed by atoms with Gasteiger partial charge in [0.05, 0.1) is 22.1 Å². The van der Waals surface area contributed by atoms with Gasteiger partial charge in [-0.05, 0) is 180 Å². The molecule has 26 rings (SSSR count). The van der Waals surface area contributed by atoms with Crippen LogP contribution in [0.2, 0.25) is 0 Å². The summed E-state index contributed by atoms with van der Waals surface area (Å²) in [6.07, 6.45) is 0. The fourth-order valence-corrected chi connectivity index (χ4v) is 22.2. The number of hydrogen-bond acceptors (Lipinski definition) is 8.